The van der Waals surface area contributed by atoms with Crippen LogP contribution in [0.1, 0.15) is 213 Å². The van der Waals surface area contributed by atoms with E-state index >= 15 is 0 Å². The van der Waals surface area contributed by atoms with Gasteiger partial charge in [-0.3, -0.25) is 18.6 Å². The van der Waals surface area contributed by atoms with E-state index in [1.807, 2.05) is 0 Å². The van der Waals surface area contributed by atoms with Crippen LogP contribution in [-0.4, -0.2) is 77.9 Å². The lowest BCUT2D eigenvalue weighted by Crippen LogP contribution is -2.29. The fraction of sp³-hybridized carbons (Fsp3) is 0.913. The Morgan fingerprint density at radius 3 is 1.72 bits per heavy atom. The van der Waals surface area contributed by atoms with E-state index in [1.54, 1.807) is 0 Å². The quantitative estimate of drug-likeness (QED) is 0.0176. The Labute approximate surface area is 353 Å². The largest absolute Gasteiger partial charge is 0.472 e. The standard InChI is InChI=1S/C46H87O11P/c1-4-5-6-7-22-27-32-43-44(57-43)33-28-23-20-25-30-35-46(50)56-42(39-55-58(51,52)54-37-41(48)36-47)38-53-45(49)34-29-24-19-17-15-13-11-9-8-10-12-14-16-18-21-26-31-40(2)3/h22,27,40-44,47-48H,4-21,23-26,28-39H2,1-3H3,(H,51,52)/b27-22-/t41-,42+,43?,44?/m0/s1. The zero-order valence-electron chi connectivity index (χ0n) is 37.1. The fourth-order valence-electron chi connectivity index (χ4n) is 7.01. The summed E-state index contributed by atoms with van der Waals surface area (Å²) in [5.41, 5.74) is 0. The highest BCUT2D eigenvalue weighted by molar-refractivity contribution is 7.47. The summed E-state index contributed by atoms with van der Waals surface area (Å²) in [7, 11) is -4.63. The molecule has 0 saturated carbocycles. The van der Waals surface area contributed by atoms with E-state index in [4.69, 9.17) is 28.4 Å². The average Bonchev–Trinajstić information content (AvgIpc) is 3.95. The van der Waals surface area contributed by atoms with Gasteiger partial charge in [-0.15, -0.1) is 0 Å². The highest BCUT2D eigenvalue weighted by Crippen LogP contribution is 2.43. The van der Waals surface area contributed by atoms with Crippen LogP contribution >= 0.6 is 7.82 Å². The second kappa shape index (κ2) is 37.4. The molecule has 1 aliphatic heterocycles. The molecule has 1 rings (SSSR count). The van der Waals surface area contributed by atoms with Gasteiger partial charge in [0.25, 0.3) is 0 Å². The Kier molecular flexibility index (Phi) is 35.3. The molecule has 1 saturated heterocycles. The van der Waals surface area contributed by atoms with Crippen molar-refractivity contribution in [3.05, 3.63) is 12.2 Å². The van der Waals surface area contributed by atoms with E-state index in [2.05, 4.69) is 32.9 Å². The highest BCUT2D eigenvalue weighted by Gasteiger charge is 2.36. The minimum absolute atomic E-state index is 0.164. The molecule has 5 atom stereocenters. The lowest BCUT2D eigenvalue weighted by atomic mass is 10.0. The molecule has 0 aliphatic carbocycles. The van der Waals surface area contributed by atoms with Crippen LogP contribution in [-0.2, 0) is 37.4 Å². The SMILES string of the molecule is CCCCC/C=C\CC1OC1CCCCCCCC(=O)O[C@H](COC(=O)CCCCCCCCCCCCCCCCCCC(C)C)COP(=O)(O)OC[C@@H](O)CO. The van der Waals surface area contributed by atoms with Gasteiger partial charge in [-0.25, -0.2) is 4.57 Å². The summed E-state index contributed by atoms with van der Waals surface area (Å²) in [5, 5.41) is 18.4. The number of phosphoric acid groups is 1. The van der Waals surface area contributed by atoms with Gasteiger partial charge in [0.05, 0.1) is 32.0 Å². The third-order valence-electron chi connectivity index (χ3n) is 10.8. The lowest BCUT2D eigenvalue weighted by molar-refractivity contribution is -0.161. The van der Waals surface area contributed by atoms with Crippen LogP contribution in [0.5, 0.6) is 0 Å². The number of aliphatic hydroxyl groups excluding tert-OH is 2. The van der Waals surface area contributed by atoms with E-state index in [9.17, 15) is 24.2 Å². The smallest absolute Gasteiger partial charge is 0.462 e. The van der Waals surface area contributed by atoms with Crippen molar-refractivity contribution in [1.82, 2.24) is 0 Å². The van der Waals surface area contributed by atoms with Gasteiger partial charge < -0.3 is 29.3 Å². The molecule has 11 nitrogen and oxygen atoms in total. The molecule has 0 spiro atoms. The molecular formula is C46H87O11P. The first-order valence-electron chi connectivity index (χ1n) is 23.6. The monoisotopic (exact) mass is 847 g/mol. The summed E-state index contributed by atoms with van der Waals surface area (Å²) < 4.78 is 38.6. The Hall–Kier alpha value is -1.33. The normalized spacial score (nSPS) is 17.4. The third kappa shape index (κ3) is 35.4. The molecule has 342 valence electrons. The Morgan fingerprint density at radius 2 is 1.17 bits per heavy atom. The Morgan fingerprint density at radius 1 is 0.655 bits per heavy atom. The van der Waals surface area contributed by atoms with Crippen LogP contribution in [0.2, 0.25) is 0 Å². The summed E-state index contributed by atoms with van der Waals surface area (Å²) in [5.74, 6) is -0.104. The van der Waals surface area contributed by atoms with Gasteiger partial charge in [0.15, 0.2) is 6.10 Å². The van der Waals surface area contributed by atoms with Crippen molar-refractivity contribution in [3.8, 4) is 0 Å². The molecule has 1 aliphatic rings. The molecule has 0 amide bonds. The summed E-state index contributed by atoms with van der Waals surface area (Å²) in [4.78, 5) is 35.1. The minimum atomic E-state index is -4.63. The lowest BCUT2D eigenvalue weighted by Gasteiger charge is -2.20. The number of carbonyl (C=O) groups excluding carboxylic acids is 2. The van der Waals surface area contributed by atoms with Gasteiger partial charge in [0.2, 0.25) is 0 Å². The second-order valence-corrected chi connectivity index (χ2v) is 18.5. The number of rotatable bonds is 43. The average molecular weight is 847 g/mol. The van der Waals surface area contributed by atoms with Crippen LogP contribution in [0.25, 0.3) is 0 Å². The van der Waals surface area contributed by atoms with Gasteiger partial charge in [0.1, 0.15) is 12.7 Å². The van der Waals surface area contributed by atoms with E-state index in [1.165, 1.54) is 103 Å². The molecule has 58 heavy (non-hydrogen) atoms. The number of unbranched alkanes of at least 4 members (excludes halogenated alkanes) is 22. The summed E-state index contributed by atoms with van der Waals surface area (Å²) in [6.07, 6.45) is 36.2. The van der Waals surface area contributed by atoms with Crippen molar-refractivity contribution in [3.63, 3.8) is 0 Å². The molecule has 3 unspecified atom stereocenters. The molecule has 12 heteroatoms. The van der Waals surface area contributed by atoms with Crippen LogP contribution < -0.4 is 0 Å². The first kappa shape index (κ1) is 54.7. The van der Waals surface area contributed by atoms with Crippen molar-refractivity contribution in [2.24, 2.45) is 5.92 Å². The minimum Gasteiger partial charge on any atom is -0.462 e. The Bertz CT molecular complexity index is 1050. The zero-order chi connectivity index (χ0) is 42.5. The maximum atomic E-state index is 12.7. The second-order valence-electron chi connectivity index (χ2n) is 17.0. The van der Waals surface area contributed by atoms with Crippen molar-refractivity contribution in [2.75, 3.05) is 26.4 Å². The number of phosphoric ester groups is 1. The molecule has 1 fully saturated rings. The number of carbonyl (C=O) groups is 2. The molecule has 1 heterocycles. The molecule has 0 aromatic heterocycles. The topological polar surface area (TPSA) is 161 Å². The van der Waals surface area contributed by atoms with Crippen molar-refractivity contribution >= 4 is 19.8 Å². The summed E-state index contributed by atoms with van der Waals surface area (Å²) in [6.45, 7) is 4.70. The van der Waals surface area contributed by atoms with Crippen molar-refractivity contribution in [2.45, 2.75) is 238 Å². The van der Waals surface area contributed by atoms with Gasteiger partial charge in [-0.05, 0) is 44.4 Å². The van der Waals surface area contributed by atoms with E-state index in [0.29, 0.717) is 25.0 Å². The number of epoxide rings is 1. The summed E-state index contributed by atoms with van der Waals surface area (Å²) in [6, 6.07) is 0. The molecule has 0 radical (unpaired) electrons. The van der Waals surface area contributed by atoms with Crippen LogP contribution in [0.15, 0.2) is 12.2 Å². The highest BCUT2D eigenvalue weighted by atomic mass is 31.2. The number of hydrogen-bond acceptors (Lipinski definition) is 10. The fourth-order valence-corrected chi connectivity index (χ4v) is 7.80. The maximum Gasteiger partial charge on any atom is 0.472 e. The number of allylic oxidation sites excluding steroid dienone is 1. The molecular weight excluding hydrogens is 759 g/mol. The molecule has 3 N–H and O–H groups in total. The predicted molar refractivity (Wildman–Crippen MR) is 232 cm³/mol. The maximum absolute atomic E-state index is 12.7. The van der Waals surface area contributed by atoms with E-state index < -0.39 is 51.8 Å². The predicted octanol–water partition coefficient (Wildman–Crippen LogP) is 11.6. The van der Waals surface area contributed by atoms with Crippen LogP contribution in [0, 0.1) is 5.92 Å². The Balaban J connectivity index is 2.20. The van der Waals surface area contributed by atoms with Crippen LogP contribution in [0.4, 0.5) is 0 Å². The molecule has 0 aromatic rings. The first-order chi connectivity index (χ1) is 28.1. The van der Waals surface area contributed by atoms with E-state index in [-0.39, 0.29) is 19.4 Å². The van der Waals surface area contributed by atoms with Crippen molar-refractivity contribution < 1.29 is 52.5 Å². The van der Waals surface area contributed by atoms with Gasteiger partial charge >= 0.3 is 19.8 Å². The third-order valence-corrected chi connectivity index (χ3v) is 11.7. The number of ether oxygens (including phenoxy) is 3. The number of hydrogen-bond donors (Lipinski definition) is 3. The van der Waals surface area contributed by atoms with Gasteiger partial charge in [-0.2, -0.15) is 0 Å². The molecule has 0 bridgehead atoms. The van der Waals surface area contributed by atoms with Crippen LogP contribution in [0.3, 0.4) is 0 Å². The van der Waals surface area contributed by atoms with Gasteiger partial charge in [0, 0.05) is 12.8 Å². The van der Waals surface area contributed by atoms with Crippen molar-refractivity contribution in [1.29, 1.82) is 0 Å². The first-order valence-corrected chi connectivity index (χ1v) is 25.1. The molecule has 0 aromatic carbocycles. The number of esters is 2. The zero-order valence-corrected chi connectivity index (χ0v) is 38.0. The summed E-state index contributed by atoms with van der Waals surface area (Å²) >= 11 is 0. The van der Waals surface area contributed by atoms with E-state index in [0.717, 1.165) is 70.1 Å². The van der Waals surface area contributed by atoms with Gasteiger partial charge in [-0.1, -0.05) is 174 Å². The number of aliphatic hydroxyl groups is 2.